The van der Waals surface area contributed by atoms with Gasteiger partial charge in [-0.15, -0.1) is 0 Å². The number of aromatic nitrogens is 4. The molecule has 0 atom stereocenters. The largest absolute Gasteiger partial charge is 0.298 e. The molecule has 0 aliphatic heterocycles. The highest BCUT2D eigenvalue weighted by Crippen LogP contribution is 2.23. The summed E-state index contributed by atoms with van der Waals surface area (Å²) in [5, 5.41) is 4.34. The first-order chi connectivity index (χ1) is 12.7. The van der Waals surface area contributed by atoms with Crippen molar-refractivity contribution in [2.45, 2.75) is 13.8 Å². The number of imidazole rings is 1. The van der Waals surface area contributed by atoms with Crippen LogP contribution in [0.15, 0.2) is 65.9 Å². The quantitative estimate of drug-likeness (QED) is 0.452. The van der Waals surface area contributed by atoms with Crippen molar-refractivity contribution < 1.29 is 0 Å². The number of nitrogens with zero attached hydrogens (tertiary/aromatic N) is 5. The lowest BCUT2D eigenvalue weighted by molar-refractivity contribution is 1.03. The summed E-state index contributed by atoms with van der Waals surface area (Å²) in [6, 6.07) is 17.9. The van der Waals surface area contributed by atoms with Crippen molar-refractivity contribution in [3.63, 3.8) is 0 Å². The van der Waals surface area contributed by atoms with Gasteiger partial charge in [0.15, 0.2) is 0 Å². The van der Waals surface area contributed by atoms with Crippen LogP contribution in [0.3, 0.4) is 0 Å². The molecule has 3 heterocycles. The maximum absolute atomic E-state index is 4.75. The number of hydrogen-bond acceptors (Lipinski definition) is 5. The van der Waals surface area contributed by atoms with E-state index in [1.165, 1.54) is 0 Å². The lowest BCUT2D eigenvalue weighted by Gasteiger charge is -2.02. The Morgan fingerprint density at radius 3 is 2.42 bits per heavy atom. The minimum absolute atomic E-state index is 0.480. The van der Waals surface area contributed by atoms with Crippen LogP contribution in [-0.2, 0) is 0 Å². The van der Waals surface area contributed by atoms with Crippen LogP contribution < -0.4 is 5.43 Å². The number of hydrazone groups is 1. The predicted molar refractivity (Wildman–Crippen MR) is 103 cm³/mol. The molecule has 0 aliphatic rings. The van der Waals surface area contributed by atoms with Crippen molar-refractivity contribution in [1.29, 1.82) is 0 Å². The second-order valence-corrected chi connectivity index (χ2v) is 5.98. The van der Waals surface area contributed by atoms with Crippen molar-refractivity contribution >= 4 is 17.8 Å². The average molecular weight is 342 g/mol. The van der Waals surface area contributed by atoms with E-state index in [2.05, 4.69) is 20.5 Å². The standard InChI is InChI=1S/C20H18N6/c1-14-12-15(2)23-20(22-14)25-21-13-17-19(16-8-4-3-5-9-16)24-18-10-6-7-11-26(17)18/h3-13H,1-2H3,(H,22,23,25)/b21-13+. The SMILES string of the molecule is Cc1cc(C)nc(N/N=C/c2c(-c3ccccc3)nc3ccccn23)n1. The number of rotatable bonds is 4. The van der Waals surface area contributed by atoms with Gasteiger partial charge >= 0.3 is 0 Å². The highest BCUT2D eigenvalue weighted by molar-refractivity contribution is 5.89. The molecule has 0 bridgehead atoms. The van der Waals surface area contributed by atoms with Crippen LogP contribution in [0.1, 0.15) is 17.1 Å². The van der Waals surface area contributed by atoms with Gasteiger partial charge in [0.25, 0.3) is 0 Å². The Labute approximate surface area is 151 Å². The fourth-order valence-corrected chi connectivity index (χ4v) is 2.87. The van der Waals surface area contributed by atoms with Gasteiger partial charge in [-0.2, -0.15) is 5.10 Å². The number of anilines is 1. The minimum atomic E-state index is 0.480. The Bertz CT molecular complexity index is 1060. The summed E-state index contributed by atoms with van der Waals surface area (Å²) in [6.07, 6.45) is 3.73. The van der Waals surface area contributed by atoms with Crippen LogP contribution in [-0.4, -0.2) is 25.6 Å². The first-order valence-corrected chi connectivity index (χ1v) is 8.34. The lowest BCUT2D eigenvalue weighted by atomic mass is 10.1. The Morgan fingerprint density at radius 2 is 1.65 bits per heavy atom. The van der Waals surface area contributed by atoms with Crippen LogP contribution in [0.4, 0.5) is 5.95 Å². The number of nitrogens with one attached hydrogen (secondary N) is 1. The third-order valence-electron chi connectivity index (χ3n) is 3.95. The molecule has 3 aromatic heterocycles. The van der Waals surface area contributed by atoms with Crippen LogP contribution in [0.25, 0.3) is 16.9 Å². The molecule has 0 saturated carbocycles. The van der Waals surface area contributed by atoms with Gasteiger partial charge < -0.3 is 0 Å². The molecule has 1 aromatic carbocycles. The van der Waals surface area contributed by atoms with E-state index in [1.54, 1.807) is 6.21 Å². The zero-order valence-electron chi connectivity index (χ0n) is 14.6. The van der Waals surface area contributed by atoms with Gasteiger partial charge in [0.2, 0.25) is 5.95 Å². The van der Waals surface area contributed by atoms with Crippen LogP contribution in [0, 0.1) is 13.8 Å². The molecule has 0 unspecified atom stereocenters. The normalized spacial score (nSPS) is 11.3. The van der Waals surface area contributed by atoms with Crippen molar-refractivity contribution in [1.82, 2.24) is 19.4 Å². The molecule has 26 heavy (non-hydrogen) atoms. The molecule has 0 amide bonds. The molecule has 1 N–H and O–H groups in total. The number of pyridine rings is 1. The topological polar surface area (TPSA) is 67.5 Å². The van der Waals surface area contributed by atoms with Crippen molar-refractivity contribution in [3.05, 3.63) is 77.9 Å². The van der Waals surface area contributed by atoms with Crippen molar-refractivity contribution in [3.8, 4) is 11.3 Å². The third-order valence-corrected chi connectivity index (χ3v) is 3.95. The maximum atomic E-state index is 4.75. The van der Waals surface area contributed by atoms with E-state index in [0.717, 1.165) is 34.0 Å². The summed E-state index contributed by atoms with van der Waals surface area (Å²) in [7, 11) is 0. The third kappa shape index (κ3) is 3.17. The first-order valence-electron chi connectivity index (χ1n) is 8.34. The molecule has 6 nitrogen and oxygen atoms in total. The molecular formula is C20H18N6. The number of benzene rings is 1. The van der Waals surface area contributed by atoms with Gasteiger partial charge in [0.1, 0.15) is 5.65 Å². The molecule has 4 aromatic rings. The van der Waals surface area contributed by atoms with E-state index in [9.17, 15) is 0 Å². The monoisotopic (exact) mass is 342 g/mol. The zero-order valence-corrected chi connectivity index (χ0v) is 14.6. The second kappa shape index (κ2) is 6.76. The Kier molecular flexibility index (Phi) is 4.15. The van der Waals surface area contributed by atoms with Gasteiger partial charge in [-0.1, -0.05) is 36.4 Å². The van der Waals surface area contributed by atoms with E-state index in [-0.39, 0.29) is 0 Å². The number of hydrogen-bond donors (Lipinski definition) is 1. The fourth-order valence-electron chi connectivity index (χ4n) is 2.87. The highest BCUT2D eigenvalue weighted by Gasteiger charge is 2.11. The summed E-state index contributed by atoms with van der Waals surface area (Å²) in [5.41, 5.74) is 8.39. The predicted octanol–water partition coefficient (Wildman–Crippen LogP) is 3.85. The highest BCUT2D eigenvalue weighted by atomic mass is 15.3. The molecule has 0 saturated heterocycles. The zero-order chi connectivity index (χ0) is 17.9. The van der Waals surface area contributed by atoms with Gasteiger partial charge in [0.05, 0.1) is 17.6 Å². The maximum Gasteiger partial charge on any atom is 0.243 e. The smallest absolute Gasteiger partial charge is 0.243 e. The van der Waals surface area contributed by atoms with E-state index in [1.807, 2.05) is 79.0 Å². The van der Waals surface area contributed by atoms with Crippen LogP contribution in [0.5, 0.6) is 0 Å². The Hall–Kier alpha value is -3.54. The fraction of sp³-hybridized carbons (Fsp3) is 0.100. The molecule has 6 heteroatoms. The molecule has 4 rings (SSSR count). The van der Waals surface area contributed by atoms with Gasteiger partial charge in [-0.25, -0.2) is 20.4 Å². The minimum Gasteiger partial charge on any atom is -0.298 e. The number of fused-ring (bicyclic) bond motifs is 1. The molecular weight excluding hydrogens is 324 g/mol. The molecule has 0 fully saturated rings. The molecule has 0 radical (unpaired) electrons. The van der Waals surface area contributed by atoms with Crippen LogP contribution in [0.2, 0.25) is 0 Å². The van der Waals surface area contributed by atoms with E-state index in [4.69, 9.17) is 4.98 Å². The Balaban J connectivity index is 1.73. The molecule has 0 spiro atoms. The molecule has 0 aliphatic carbocycles. The van der Waals surface area contributed by atoms with E-state index >= 15 is 0 Å². The van der Waals surface area contributed by atoms with Gasteiger partial charge in [-0.3, -0.25) is 4.40 Å². The average Bonchev–Trinajstić information content (AvgIpc) is 3.01. The summed E-state index contributed by atoms with van der Waals surface area (Å²) in [4.78, 5) is 13.4. The summed E-state index contributed by atoms with van der Waals surface area (Å²) >= 11 is 0. The van der Waals surface area contributed by atoms with E-state index in [0.29, 0.717) is 5.95 Å². The summed E-state index contributed by atoms with van der Waals surface area (Å²) in [6.45, 7) is 3.86. The summed E-state index contributed by atoms with van der Waals surface area (Å²) in [5.74, 6) is 0.480. The van der Waals surface area contributed by atoms with Gasteiger partial charge in [-0.05, 0) is 32.0 Å². The first kappa shape index (κ1) is 16.0. The van der Waals surface area contributed by atoms with Crippen LogP contribution >= 0.6 is 0 Å². The van der Waals surface area contributed by atoms with Crippen molar-refractivity contribution in [2.75, 3.05) is 5.43 Å². The van der Waals surface area contributed by atoms with Gasteiger partial charge in [0, 0.05) is 23.1 Å². The summed E-state index contributed by atoms with van der Waals surface area (Å²) < 4.78 is 2.01. The number of aryl methyl sites for hydroxylation is 2. The lowest BCUT2D eigenvalue weighted by Crippen LogP contribution is -2.01. The molecule has 128 valence electrons. The van der Waals surface area contributed by atoms with Crippen molar-refractivity contribution in [2.24, 2.45) is 5.10 Å². The Morgan fingerprint density at radius 1 is 0.923 bits per heavy atom. The second-order valence-electron chi connectivity index (χ2n) is 5.98. The van der Waals surface area contributed by atoms with E-state index < -0.39 is 0 Å².